The highest BCUT2D eigenvalue weighted by Crippen LogP contribution is 2.11. The Morgan fingerprint density at radius 2 is 1.68 bits per heavy atom. The molecule has 28 heavy (non-hydrogen) atoms. The Bertz CT molecular complexity index is 853. The van der Waals surface area contributed by atoms with E-state index in [0.717, 1.165) is 24.7 Å². The Morgan fingerprint density at radius 3 is 2.32 bits per heavy atom. The minimum absolute atomic E-state index is 0.153. The molecule has 6 nitrogen and oxygen atoms in total. The van der Waals surface area contributed by atoms with Crippen LogP contribution in [0, 0.1) is 5.82 Å². The van der Waals surface area contributed by atoms with Crippen molar-refractivity contribution in [2.75, 3.05) is 26.0 Å². The largest absolute Gasteiger partial charge is 0.494 e. The van der Waals surface area contributed by atoms with Gasteiger partial charge >= 0.3 is 0 Å². The van der Waals surface area contributed by atoms with Crippen molar-refractivity contribution in [1.29, 1.82) is 0 Å². The van der Waals surface area contributed by atoms with E-state index in [2.05, 4.69) is 10.0 Å². The normalized spacial score (nSPS) is 11.2. The standard InChI is InChI=1S/C20H25FN2O4S/c1-28(25,26)23-14-12-16-4-6-17(7-5-16)20(24)22-13-2-3-15-27-19-10-8-18(21)9-11-19/h4-11,23H,2-3,12-15H2,1H3,(H,22,24). The molecule has 2 aromatic rings. The number of sulfonamides is 1. The zero-order chi connectivity index (χ0) is 20.4. The van der Waals surface area contributed by atoms with Gasteiger partial charge in [0.25, 0.3) is 5.91 Å². The van der Waals surface area contributed by atoms with Gasteiger partial charge in [0, 0.05) is 18.7 Å². The van der Waals surface area contributed by atoms with Crippen LogP contribution in [0.4, 0.5) is 4.39 Å². The SMILES string of the molecule is CS(=O)(=O)NCCc1ccc(C(=O)NCCCCOc2ccc(F)cc2)cc1. The Labute approximate surface area is 165 Å². The molecule has 0 unspecified atom stereocenters. The number of nitrogens with one attached hydrogen (secondary N) is 2. The number of halogens is 1. The Kier molecular flexibility index (Phi) is 8.41. The van der Waals surface area contributed by atoms with Gasteiger partial charge in [0.05, 0.1) is 12.9 Å². The maximum absolute atomic E-state index is 12.8. The predicted molar refractivity (Wildman–Crippen MR) is 106 cm³/mol. The first-order valence-corrected chi connectivity index (χ1v) is 10.9. The number of benzene rings is 2. The van der Waals surface area contributed by atoms with Gasteiger partial charge in [-0.25, -0.2) is 17.5 Å². The maximum Gasteiger partial charge on any atom is 0.251 e. The monoisotopic (exact) mass is 408 g/mol. The highest BCUT2D eigenvalue weighted by Gasteiger charge is 2.05. The number of carbonyl (C=O) groups excluding carboxylic acids is 1. The Balaban J connectivity index is 1.62. The van der Waals surface area contributed by atoms with Crippen molar-refractivity contribution >= 4 is 15.9 Å². The third-order valence-corrected chi connectivity index (χ3v) is 4.66. The van der Waals surface area contributed by atoms with Crippen LogP contribution in [-0.2, 0) is 16.4 Å². The van der Waals surface area contributed by atoms with Crippen LogP contribution in [0.3, 0.4) is 0 Å². The molecule has 0 heterocycles. The zero-order valence-corrected chi connectivity index (χ0v) is 16.6. The lowest BCUT2D eigenvalue weighted by Gasteiger charge is -2.08. The van der Waals surface area contributed by atoms with E-state index >= 15 is 0 Å². The average molecular weight is 408 g/mol. The molecule has 2 aromatic carbocycles. The van der Waals surface area contributed by atoms with Gasteiger partial charge < -0.3 is 10.1 Å². The van der Waals surface area contributed by atoms with E-state index in [1.54, 1.807) is 24.3 Å². The summed E-state index contributed by atoms with van der Waals surface area (Å²) in [6, 6.07) is 12.9. The van der Waals surface area contributed by atoms with Crippen molar-refractivity contribution in [3.63, 3.8) is 0 Å². The van der Waals surface area contributed by atoms with Crippen molar-refractivity contribution in [2.24, 2.45) is 0 Å². The van der Waals surface area contributed by atoms with Crippen LogP contribution in [0.15, 0.2) is 48.5 Å². The lowest BCUT2D eigenvalue weighted by atomic mass is 10.1. The molecule has 0 saturated carbocycles. The van der Waals surface area contributed by atoms with Gasteiger partial charge in [-0.15, -0.1) is 0 Å². The quantitative estimate of drug-likeness (QED) is 0.560. The molecule has 0 aromatic heterocycles. The molecule has 2 N–H and O–H groups in total. The minimum atomic E-state index is -3.19. The molecule has 152 valence electrons. The van der Waals surface area contributed by atoms with Gasteiger partial charge in [-0.05, 0) is 61.2 Å². The summed E-state index contributed by atoms with van der Waals surface area (Å²) >= 11 is 0. The number of unbranched alkanes of at least 4 members (excludes halogenated alkanes) is 1. The highest BCUT2D eigenvalue weighted by atomic mass is 32.2. The van der Waals surface area contributed by atoms with Crippen molar-refractivity contribution in [2.45, 2.75) is 19.3 Å². The number of hydrogen-bond acceptors (Lipinski definition) is 4. The molecular weight excluding hydrogens is 383 g/mol. The first-order chi connectivity index (χ1) is 13.3. The van der Waals surface area contributed by atoms with Crippen LogP contribution >= 0.6 is 0 Å². The van der Waals surface area contributed by atoms with Gasteiger partial charge in [0.1, 0.15) is 11.6 Å². The second-order valence-corrected chi connectivity index (χ2v) is 8.21. The summed E-state index contributed by atoms with van der Waals surface area (Å²) in [5.41, 5.74) is 1.51. The first-order valence-electron chi connectivity index (χ1n) is 9.04. The smallest absolute Gasteiger partial charge is 0.251 e. The highest BCUT2D eigenvalue weighted by molar-refractivity contribution is 7.88. The maximum atomic E-state index is 12.8. The summed E-state index contributed by atoms with van der Waals surface area (Å²) in [7, 11) is -3.19. The van der Waals surface area contributed by atoms with Crippen LogP contribution in [0.2, 0.25) is 0 Å². The summed E-state index contributed by atoms with van der Waals surface area (Å²) in [6.45, 7) is 1.35. The Morgan fingerprint density at radius 1 is 1.00 bits per heavy atom. The van der Waals surface area contributed by atoms with Crippen LogP contribution in [-0.4, -0.2) is 40.3 Å². The summed E-state index contributed by atoms with van der Waals surface area (Å²) in [5.74, 6) is 0.172. The van der Waals surface area contributed by atoms with E-state index in [-0.39, 0.29) is 11.7 Å². The van der Waals surface area contributed by atoms with Crippen LogP contribution in [0.1, 0.15) is 28.8 Å². The lowest BCUT2D eigenvalue weighted by Crippen LogP contribution is -2.25. The molecule has 0 aliphatic heterocycles. The van der Waals surface area contributed by atoms with Crippen molar-refractivity contribution < 1.29 is 22.3 Å². The van der Waals surface area contributed by atoms with Gasteiger partial charge in [-0.3, -0.25) is 4.79 Å². The third kappa shape index (κ3) is 8.49. The molecule has 0 radical (unpaired) electrons. The van der Waals surface area contributed by atoms with Gasteiger partial charge in [-0.1, -0.05) is 12.1 Å². The second-order valence-electron chi connectivity index (χ2n) is 6.38. The molecule has 2 rings (SSSR count). The molecule has 0 bridgehead atoms. The van der Waals surface area contributed by atoms with Crippen molar-refractivity contribution in [1.82, 2.24) is 10.0 Å². The summed E-state index contributed by atoms with van der Waals surface area (Å²) in [4.78, 5) is 12.1. The van der Waals surface area contributed by atoms with Gasteiger partial charge in [0.15, 0.2) is 0 Å². The van der Waals surface area contributed by atoms with Crippen molar-refractivity contribution in [3.8, 4) is 5.75 Å². The summed E-state index contributed by atoms with van der Waals surface area (Å²) < 4.78 is 42.8. The fraction of sp³-hybridized carbons (Fsp3) is 0.350. The molecular formula is C20H25FN2O4S. The first kappa shape index (κ1) is 21.8. The van der Waals surface area contributed by atoms with E-state index in [1.807, 2.05) is 12.1 Å². The fourth-order valence-corrected chi connectivity index (χ4v) is 2.93. The molecule has 0 atom stereocenters. The minimum Gasteiger partial charge on any atom is -0.494 e. The van der Waals surface area contributed by atoms with Gasteiger partial charge in [0.2, 0.25) is 10.0 Å². The number of amides is 1. The molecule has 0 saturated heterocycles. The number of carbonyl (C=O) groups is 1. The molecule has 0 aliphatic carbocycles. The predicted octanol–water partition coefficient (Wildman–Crippen LogP) is 2.51. The van der Waals surface area contributed by atoms with E-state index < -0.39 is 10.0 Å². The topological polar surface area (TPSA) is 84.5 Å². The molecule has 0 spiro atoms. The van der Waals surface area contributed by atoms with Crippen LogP contribution in [0.5, 0.6) is 5.75 Å². The second kappa shape index (κ2) is 10.8. The molecule has 0 fully saturated rings. The molecule has 1 amide bonds. The van der Waals surface area contributed by atoms with E-state index in [9.17, 15) is 17.6 Å². The molecule has 8 heteroatoms. The Hall–Kier alpha value is -2.45. The number of ether oxygens (including phenoxy) is 1. The van der Waals surface area contributed by atoms with Crippen LogP contribution in [0.25, 0.3) is 0 Å². The van der Waals surface area contributed by atoms with E-state index in [1.165, 1.54) is 12.1 Å². The fourth-order valence-electron chi connectivity index (χ4n) is 2.46. The lowest BCUT2D eigenvalue weighted by molar-refractivity contribution is 0.0952. The number of rotatable bonds is 11. The van der Waals surface area contributed by atoms with Crippen LogP contribution < -0.4 is 14.8 Å². The van der Waals surface area contributed by atoms with Crippen molar-refractivity contribution in [3.05, 3.63) is 65.5 Å². The summed E-state index contributed by atoms with van der Waals surface area (Å²) in [5, 5.41) is 2.85. The molecule has 0 aliphatic rings. The van der Waals surface area contributed by atoms with E-state index in [0.29, 0.717) is 37.4 Å². The number of hydrogen-bond donors (Lipinski definition) is 2. The summed E-state index contributed by atoms with van der Waals surface area (Å²) in [6.07, 6.45) is 3.21. The van der Waals surface area contributed by atoms with E-state index in [4.69, 9.17) is 4.74 Å². The zero-order valence-electron chi connectivity index (χ0n) is 15.8. The average Bonchev–Trinajstić information content (AvgIpc) is 2.65. The van der Waals surface area contributed by atoms with Gasteiger partial charge in [-0.2, -0.15) is 0 Å². The third-order valence-electron chi connectivity index (χ3n) is 3.93.